The molecular formula is C31H28N2O4. The Morgan fingerprint density at radius 2 is 1.68 bits per heavy atom. The lowest BCUT2D eigenvalue weighted by Crippen LogP contribution is -2.31. The van der Waals surface area contributed by atoms with Gasteiger partial charge in [-0.2, -0.15) is 5.10 Å². The van der Waals surface area contributed by atoms with Crippen molar-refractivity contribution in [3.63, 3.8) is 0 Å². The molecule has 0 bridgehead atoms. The molecule has 0 aliphatic carbocycles. The Kier molecular flexibility index (Phi) is 6.73. The first-order valence-electron chi connectivity index (χ1n) is 12.2. The number of hydrogen-bond donors (Lipinski definition) is 0. The highest BCUT2D eigenvalue weighted by Gasteiger charge is 2.33. The molecule has 0 radical (unpaired) electrons. The molecule has 0 N–H and O–H groups in total. The van der Waals surface area contributed by atoms with Crippen LogP contribution in [0.1, 0.15) is 45.1 Å². The van der Waals surface area contributed by atoms with Crippen LogP contribution in [-0.2, 0) is 9.53 Å². The minimum Gasteiger partial charge on any atom is -0.497 e. The second kappa shape index (κ2) is 10.3. The van der Waals surface area contributed by atoms with Crippen LogP contribution in [0.15, 0.2) is 90.0 Å². The minimum absolute atomic E-state index is 0.320. The van der Waals surface area contributed by atoms with E-state index in [2.05, 4.69) is 24.3 Å². The molecule has 1 atom stereocenters. The maximum Gasteiger partial charge on any atom is 0.338 e. The Bertz CT molecular complexity index is 1510. The van der Waals surface area contributed by atoms with Crippen molar-refractivity contribution in [3.05, 3.63) is 113 Å². The number of methoxy groups -OCH3 is 1. The largest absolute Gasteiger partial charge is 0.497 e. The molecule has 0 saturated carbocycles. The number of benzene rings is 4. The Hall–Kier alpha value is -4.45. The topological polar surface area (TPSA) is 68.2 Å². The fraction of sp³-hybridized carbons (Fsp3) is 0.194. The van der Waals surface area contributed by atoms with Gasteiger partial charge in [0.25, 0.3) is 5.91 Å². The van der Waals surface area contributed by atoms with Crippen LogP contribution in [0.5, 0.6) is 5.75 Å². The van der Waals surface area contributed by atoms with E-state index in [-0.39, 0.29) is 11.9 Å². The van der Waals surface area contributed by atoms with Gasteiger partial charge in [-0.05, 0) is 71.1 Å². The zero-order chi connectivity index (χ0) is 25.9. The second-order valence-electron chi connectivity index (χ2n) is 9.16. The van der Waals surface area contributed by atoms with E-state index in [1.54, 1.807) is 19.2 Å². The van der Waals surface area contributed by atoms with Crippen molar-refractivity contribution in [2.75, 3.05) is 13.7 Å². The molecular weight excluding hydrogens is 464 g/mol. The quantitative estimate of drug-likeness (QED) is 0.310. The molecule has 1 heterocycles. The second-order valence-corrected chi connectivity index (χ2v) is 9.16. The van der Waals surface area contributed by atoms with E-state index in [0.717, 1.165) is 44.5 Å². The van der Waals surface area contributed by atoms with Crippen LogP contribution in [0.2, 0.25) is 0 Å². The van der Waals surface area contributed by atoms with E-state index >= 15 is 0 Å². The summed E-state index contributed by atoms with van der Waals surface area (Å²) in [5.41, 5.74) is 4.98. The number of rotatable bonds is 6. The molecule has 0 saturated heterocycles. The Labute approximate surface area is 216 Å². The highest BCUT2D eigenvalue weighted by atomic mass is 16.5. The van der Waals surface area contributed by atoms with Crippen LogP contribution in [0.4, 0.5) is 0 Å². The first kappa shape index (κ1) is 24.3. The predicted octanol–water partition coefficient (Wildman–Crippen LogP) is 6.00. The number of esters is 1. The van der Waals surface area contributed by atoms with Gasteiger partial charge in [0.05, 0.1) is 24.4 Å². The molecule has 1 amide bonds. The standard InChI is InChI=1S/C31H28N2O4/c1-20-7-6-10-27(21(20)2)31(35)37-19-30(34)33-29(23-13-15-26(36-3)16-14-23)18-28(32-33)25-12-11-22-8-4-5-9-24(22)17-25/h4-17,29H,18-19H2,1-3H3. The lowest BCUT2D eigenvalue weighted by atomic mass is 9.97. The smallest absolute Gasteiger partial charge is 0.338 e. The van der Waals surface area contributed by atoms with Gasteiger partial charge in [0.1, 0.15) is 5.75 Å². The number of hydrogen-bond acceptors (Lipinski definition) is 5. The van der Waals surface area contributed by atoms with E-state index in [9.17, 15) is 9.59 Å². The van der Waals surface area contributed by atoms with Crippen molar-refractivity contribution in [1.82, 2.24) is 5.01 Å². The molecule has 186 valence electrons. The highest BCUT2D eigenvalue weighted by Crippen LogP contribution is 2.34. The molecule has 1 aliphatic rings. The lowest BCUT2D eigenvalue weighted by molar-refractivity contribution is -0.136. The van der Waals surface area contributed by atoms with Gasteiger partial charge >= 0.3 is 5.97 Å². The summed E-state index contributed by atoms with van der Waals surface area (Å²) in [7, 11) is 1.62. The van der Waals surface area contributed by atoms with Crippen LogP contribution in [0.25, 0.3) is 10.8 Å². The van der Waals surface area contributed by atoms with Gasteiger partial charge in [-0.25, -0.2) is 9.80 Å². The van der Waals surface area contributed by atoms with Crippen molar-refractivity contribution in [1.29, 1.82) is 0 Å². The maximum absolute atomic E-state index is 13.3. The minimum atomic E-state index is -0.520. The molecule has 5 rings (SSSR count). The molecule has 0 spiro atoms. The number of carbonyl (C=O) groups is 2. The van der Waals surface area contributed by atoms with Crippen LogP contribution in [0.3, 0.4) is 0 Å². The predicted molar refractivity (Wildman–Crippen MR) is 144 cm³/mol. The summed E-state index contributed by atoms with van der Waals surface area (Å²) in [6.45, 7) is 3.41. The Balaban J connectivity index is 1.41. The van der Waals surface area contributed by atoms with Gasteiger partial charge < -0.3 is 9.47 Å². The van der Waals surface area contributed by atoms with Crippen molar-refractivity contribution in [2.24, 2.45) is 5.10 Å². The molecule has 6 heteroatoms. The van der Waals surface area contributed by atoms with Crippen molar-refractivity contribution in [3.8, 4) is 5.75 Å². The average molecular weight is 493 g/mol. The number of carbonyl (C=O) groups excluding carboxylic acids is 2. The number of aryl methyl sites for hydroxylation is 1. The Morgan fingerprint density at radius 3 is 2.43 bits per heavy atom. The first-order valence-corrected chi connectivity index (χ1v) is 12.2. The number of nitrogens with zero attached hydrogens (tertiary/aromatic N) is 2. The summed E-state index contributed by atoms with van der Waals surface area (Å²) >= 11 is 0. The van der Waals surface area contributed by atoms with Gasteiger partial charge in [-0.1, -0.05) is 60.7 Å². The summed E-state index contributed by atoms with van der Waals surface area (Å²) in [4.78, 5) is 26.1. The third-order valence-electron chi connectivity index (χ3n) is 6.90. The number of ether oxygens (including phenoxy) is 2. The average Bonchev–Trinajstić information content (AvgIpc) is 3.38. The monoisotopic (exact) mass is 492 g/mol. The van der Waals surface area contributed by atoms with Crippen LogP contribution < -0.4 is 4.74 Å². The molecule has 4 aromatic rings. The van der Waals surface area contributed by atoms with E-state index in [0.29, 0.717) is 12.0 Å². The molecule has 1 unspecified atom stereocenters. The van der Waals surface area contributed by atoms with Crippen molar-refractivity contribution in [2.45, 2.75) is 26.3 Å². The number of amides is 1. The Morgan fingerprint density at radius 1 is 0.919 bits per heavy atom. The van der Waals surface area contributed by atoms with E-state index < -0.39 is 12.6 Å². The summed E-state index contributed by atoms with van der Waals surface area (Å²) in [6, 6.07) is 27.1. The summed E-state index contributed by atoms with van der Waals surface area (Å²) in [5, 5.41) is 8.42. The van der Waals surface area contributed by atoms with Crippen molar-refractivity contribution >= 4 is 28.4 Å². The molecule has 4 aromatic carbocycles. The van der Waals surface area contributed by atoms with Gasteiger partial charge in [0, 0.05) is 6.42 Å². The van der Waals surface area contributed by atoms with E-state index in [4.69, 9.17) is 14.6 Å². The van der Waals surface area contributed by atoms with Crippen LogP contribution in [0, 0.1) is 13.8 Å². The first-order chi connectivity index (χ1) is 17.9. The number of fused-ring (bicyclic) bond motifs is 1. The summed E-state index contributed by atoms with van der Waals surface area (Å²) in [6.07, 6.45) is 0.543. The zero-order valence-electron chi connectivity index (χ0n) is 21.1. The van der Waals surface area contributed by atoms with E-state index in [1.165, 1.54) is 5.01 Å². The third-order valence-corrected chi connectivity index (χ3v) is 6.90. The van der Waals surface area contributed by atoms with E-state index in [1.807, 2.05) is 62.4 Å². The maximum atomic E-state index is 13.3. The van der Waals surface area contributed by atoms with Gasteiger partial charge in [0.2, 0.25) is 0 Å². The van der Waals surface area contributed by atoms with Gasteiger partial charge in [-0.3, -0.25) is 4.79 Å². The van der Waals surface area contributed by atoms with Crippen LogP contribution in [-0.4, -0.2) is 36.3 Å². The third kappa shape index (κ3) is 4.96. The normalized spacial score (nSPS) is 14.9. The molecule has 6 nitrogen and oxygen atoms in total. The molecule has 37 heavy (non-hydrogen) atoms. The zero-order valence-corrected chi connectivity index (χ0v) is 21.1. The van der Waals surface area contributed by atoms with Gasteiger partial charge in [0.15, 0.2) is 6.61 Å². The highest BCUT2D eigenvalue weighted by molar-refractivity contribution is 6.05. The summed E-state index contributed by atoms with van der Waals surface area (Å²) < 4.78 is 10.7. The van der Waals surface area contributed by atoms with Gasteiger partial charge in [-0.15, -0.1) is 0 Å². The fourth-order valence-corrected chi connectivity index (χ4v) is 4.61. The lowest BCUT2D eigenvalue weighted by Gasteiger charge is -2.22. The fourth-order valence-electron chi connectivity index (χ4n) is 4.61. The SMILES string of the molecule is COc1ccc(C2CC(c3ccc4ccccc4c3)=NN2C(=O)COC(=O)c2cccc(C)c2C)cc1. The molecule has 1 aliphatic heterocycles. The summed E-state index contributed by atoms with van der Waals surface area (Å²) in [5.74, 6) is -0.165. The molecule has 0 fully saturated rings. The van der Waals surface area contributed by atoms with Crippen molar-refractivity contribution < 1.29 is 19.1 Å². The number of hydrazone groups is 1. The van der Waals surface area contributed by atoms with Crippen LogP contribution >= 0.6 is 0 Å². The molecule has 0 aromatic heterocycles.